The summed E-state index contributed by atoms with van der Waals surface area (Å²) in [6.45, 7) is 1.48. The minimum absolute atomic E-state index is 0.0229. The molecule has 0 radical (unpaired) electrons. The van der Waals surface area contributed by atoms with Crippen LogP contribution in [0.5, 0.6) is 0 Å². The van der Waals surface area contributed by atoms with E-state index in [9.17, 15) is 45.1 Å². The summed E-state index contributed by atoms with van der Waals surface area (Å²) in [4.78, 5) is 39.5. The van der Waals surface area contributed by atoms with Crippen LogP contribution in [0.2, 0.25) is 0 Å². The Morgan fingerprint density at radius 1 is 0.925 bits per heavy atom. The minimum Gasteiger partial charge on any atom is -0.439 e. The highest BCUT2D eigenvalue weighted by Crippen LogP contribution is 2.40. The first-order valence-electron chi connectivity index (χ1n) is 11.8. The molecule has 7 nitrogen and oxygen atoms in total. The van der Waals surface area contributed by atoms with Crippen LogP contribution in [0.25, 0.3) is 0 Å². The molecule has 14 heteroatoms. The number of primary amides is 1. The van der Waals surface area contributed by atoms with Gasteiger partial charge in [-0.25, -0.2) is 9.18 Å². The second kappa shape index (κ2) is 11.0. The van der Waals surface area contributed by atoms with E-state index in [2.05, 4.69) is 0 Å². The molecule has 40 heavy (non-hydrogen) atoms. The number of hydrogen-bond acceptors (Lipinski definition) is 4. The highest BCUT2D eigenvalue weighted by molar-refractivity contribution is 5.88. The van der Waals surface area contributed by atoms with E-state index in [0.29, 0.717) is 17.7 Å². The number of nitrogens with two attached hydrogens (primary N) is 1. The summed E-state index contributed by atoms with van der Waals surface area (Å²) in [5, 5.41) is 0. The number of carbonyl (C=O) groups is 3. The molecule has 2 aromatic carbocycles. The van der Waals surface area contributed by atoms with Crippen LogP contribution in [0.3, 0.4) is 0 Å². The first-order chi connectivity index (χ1) is 18.3. The number of amides is 3. The van der Waals surface area contributed by atoms with Crippen molar-refractivity contribution in [1.29, 1.82) is 0 Å². The zero-order chi connectivity index (χ0) is 30.2. The van der Waals surface area contributed by atoms with Gasteiger partial charge in [0.2, 0.25) is 5.91 Å². The van der Waals surface area contributed by atoms with Crippen molar-refractivity contribution < 1.29 is 49.9 Å². The lowest BCUT2D eigenvalue weighted by molar-refractivity contribution is -0.144. The van der Waals surface area contributed by atoms with Gasteiger partial charge in [-0.1, -0.05) is 12.1 Å². The molecular weight excluding hydrogens is 551 g/mol. The van der Waals surface area contributed by atoms with Crippen LogP contribution in [0.1, 0.15) is 42.0 Å². The molecule has 1 aliphatic rings. The topological polar surface area (TPSA) is 92.9 Å². The van der Waals surface area contributed by atoms with E-state index in [1.807, 2.05) is 0 Å². The van der Waals surface area contributed by atoms with Crippen molar-refractivity contribution in [3.8, 4) is 0 Å². The number of carbonyl (C=O) groups excluding carboxylic acids is 3. The van der Waals surface area contributed by atoms with Crippen LogP contribution in [0, 0.1) is 5.82 Å². The molecule has 1 aliphatic heterocycles. The van der Waals surface area contributed by atoms with Gasteiger partial charge in [-0.15, -0.1) is 0 Å². The fourth-order valence-electron chi connectivity index (χ4n) is 4.62. The standard InChI is InChI=1S/C26H26F7N3O4/c1-24(2,15-8-16(25(28,29)30)10-17(9-15)26(31,32)33)22(38)35(3)20-12-36(23(39)40-13-21(34)37)11-19(20)14-4-6-18(27)7-5-14/h4-10,19-20H,11-13H2,1-3H3,(H2,34,37)/t19-,20+/m0/s1. The molecule has 0 unspecified atom stereocenters. The number of ether oxygens (including phenoxy) is 1. The molecule has 1 heterocycles. The van der Waals surface area contributed by atoms with Gasteiger partial charge in [0.1, 0.15) is 5.82 Å². The number of benzene rings is 2. The third kappa shape index (κ3) is 6.65. The Labute approximate surface area is 224 Å². The van der Waals surface area contributed by atoms with Gasteiger partial charge < -0.3 is 20.3 Å². The van der Waals surface area contributed by atoms with Gasteiger partial charge in [0.15, 0.2) is 6.61 Å². The minimum atomic E-state index is -5.11. The molecule has 2 N–H and O–H groups in total. The van der Waals surface area contributed by atoms with Crippen molar-refractivity contribution in [3.63, 3.8) is 0 Å². The number of halogens is 7. The molecule has 1 fully saturated rings. The molecule has 3 amide bonds. The van der Waals surface area contributed by atoms with Gasteiger partial charge in [-0.05, 0) is 55.3 Å². The average molecular weight is 577 g/mol. The number of likely N-dealkylation sites (N-methyl/N-ethyl adjacent to an activating group) is 1. The van der Waals surface area contributed by atoms with Gasteiger partial charge in [0.25, 0.3) is 5.91 Å². The van der Waals surface area contributed by atoms with Crippen LogP contribution < -0.4 is 5.73 Å². The Bertz CT molecular complexity index is 1240. The Balaban J connectivity index is 1.99. The molecule has 1 saturated heterocycles. The third-order valence-corrected chi connectivity index (χ3v) is 6.85. The highest BCUT2D eigenvalue weighted by Gasteiger charge is 2.45. The van der Waals surface area contributed by atoms with Gasteiger partial charge in [0.05, 0.1) is 22.6 Å². The fraction of sp³-hybridized carbons (Fsp3) is 0.423. The normalized spacial score (nSPS) is 18.0. The van der Waals surface area contributed by atoms with Crippen molar-refractivity contribution in [3.05, 3.63) is 70.5 Å². The summed E-state index contributed by atoms with van der Waals surface area (Å²) in [5.74, 6) is -2.93. The molecular formula is C26H26F7N3O4. The molecule has 0 bridgehead atoms. The number of rotatable bonds is 6. The monoisotopic (exact) mass is 577 g/mol. The van der Waals surface area contributed by atoms with Gasteiger partial charge in [0, 0.05) is 26.1 Å². The second-order valence-electron chi connectivity index (χ2n) is 9.99. The Morgan fingerprint density at radius 3 is 1.90 bits per heavy atom. The van der Waals surface area contributed by atoms with Gasteiger partial charge in [-0.3, -0.25) is 9.59 Å². The van der Waals surface area contributed by atoms with E-state index >= 15 is 0 Å². The van der Waals surface area contributed by atoms with E-state index in [1.54, 1.807) is 0 Å². The molecule has 2 aromatic rings. The number of nitrogens with zero attached hydrogens (tertiary/aromatic N) is 2. The van der Waals surface area contributed by atoms with Gasteiger partial charge >= 0.3 is 18.4 Å². The van der Waals surface area contributed by atoms with E-state index < -0.39 is 76.7 Å². The maximum Gasteiger partial charge on any atom is 0.416 e. The Morgan fingerprint density at radius 2 is 1.43 bits per heavy atom. The molecule has 0 aliphatic carbocycles. The SMILES string of the molecule is CN(C(=O)C(C)(C)c1cc(C(F)(F)F)cc(C(F)(F)F)c1)[C@@H]1CN(C(=O)OCC(N)=O)C[C@H]1c1ccc(F)cc1. The number of hydrogen-bond donors (Lipinski definition) is 1. The molecule has 0 aromatic heterocycles. The third-order valence-electron chi connectivity index (χ3n) is 6.85. The zero-order valence-electron chi connectivity index (χ0n) is 21.6. The molecule has 3 rings (SSSR count). The maximum absolute atomic E-state index is 13.7. The van der Waals surface area contributed by atoms with Crippen LogP contribution in [-0.2, 0) is 32.1 Å². The maximum atomic E-state index is 13.7. The summed E-state index contributed by atoms with van der Waals surface area (Å²) in [6.07, 6.45) is -11.1. The quantitative estimate of drug-likeness (QED) is 0.505. The first-order valence-corrected chi connectivity index (χ1v) is 11.8. The van der Waals surface area contributed by atoms with Crippen LogP contribution >= 0.6 is 0 Å². The summed E-state index contributed by atoms with van der Waals surface area (Å²) >= 11 is 0. The molecule has 2 atom stereocenters. The number of alkyl halides is 6. The zero-order valence-corrected chi connectivity index (χ0v) is 21.6. The van der Waals surface area contributed by atoms with Crippen molar-refractivity contribution >= 4 is 17.9 Å². The lowest BCUT2D eigenvalue weighted by Crippen LogP contribution is -2.49. The Kier molecular flexibility index (Phi) is 8.42. The predicted octanol–water partition coefficient (Wildman–Crippen LogP) is 4.69. The van der Waals surface area contributed by atoms with Crippen molar-refractivity contribution in [2.45, 2.75) is 43.6 Å². The van der Waals surface area contributed by atoms with Crippen molar-refractivity contribution in [1.82, 2.24) is 9.80 Å². The van der Waals surface area contributed by atoms with E-state index in [1.165, 1.54) is 37.9 Å². The smallest absolute Gasteiger partial charge is 0.416 e. The Hall–Kier alpha value is -3.84. The molecule has 0 saturated carbocycles. The van der Waals surface area contributed by atoms with Crippen LogP contribution in [0.4, 0.5) is 35.5 Å². The highest BCUT2D eigenvalue weighted by atomic mass is 19.4. The molecule has 0 spiro atoms. The molecule has 218 valence electrons. The summed E-state index contributed by atoms with van der Waals surface area (Å²) in [5.41, 5.74) is 0.00143. The predicted molar refractivity (Wildman–Crippen MR) is 127 cm³/mol. The van der Waals surface area contributed by atoms with Crippen LogP contribution in [-0.4, -0.2) is 60.5 Å². The van der Waals surface area contributed by atoms with E-state index in [4.69, 9.17) is 10.5 Å². The lowest BCUT2D eigenvalue weighted by atomic mass is 9.80. The van der Waals surface area contributed by atoms with Crippen LogP contribution in [0.15, 0.2) is 42.5 Å². The summed E-state index contributed by atoms with van der Waals surface area (Å²) in [7, 11) is 1.31. The van der Waals surface area contributed by atoms with Gasteiger partial charge in [-0.2, -0.15) is 26.3 Å². The lowest BCUT2D eigenvalue weighted by Gasteiger charge is -2.36. The fourth-order valence-corrected chi connectivity index (χ4v) is 4.62. The summed E-state index contributed by atoms with van der Waals surface area (Å²) in [6, 6.07) is 5.31. The second-order valence-corrected chi connectivity index (χ2v) is 9.99. The largest absolute Gasteiger partial charge is 0.439 e. The average Bonchev–Trinajstić information content (AvgIpc) is 3.31. The summed E-state index contributed by atoms with van der Waals surface area (Å²) < 4.78 is 99.2. The number of likely N-dealkylation sites (tertiary alicyclic amines) is 1. The van der Waals surface area contributed by atoms with E-state index in [-0.39, 0.29) is 19.2 Å². The first kappa shape index (κ1) is 30.7. The van der Waals surface area contributed by atoms with Crippen molar-refractivity contribution in [2.24, 2.45) is 5.73 Å². The van der Waals surface area contributed by atoms with E-state index in [0.717, 1.165) is 17.0 Å². The van der Waals surface area contributed by atoms with Crippen molar-refractivity contribution in [2.75, 3.05) is 26.7 Å².